The third kappa shape index (κ3) is 2.77. The number of rotatable bonds is 3. The van der Waals surface area contributed by atoms with Gasteiger partial charge in [-0.15, -0.1) is 0 Å². The Balaban J connectivity index is 1.59. The molecule has 0 fully saturated rings. The molecule has 0 aliphatic carbocycles. The van der Waals surface area contributed by atoms with Crippen molar-refractivity contribution in [1.82, 2.24) is 9.97 Å². The Bertz CT molecular complexity index is 1200. The lowest BCUT2D eigenvalue weighted by Gasteiger charge is -2.09. The number of aromatic nitrogens is 2. The molecule has 26 heavy (non-hydrogen) atoms. The summed E-state index contributed by atoms with van der Waals surface area (Å²) < 4.78 is 0. The van der Waals surface area contributed by atoms with Gasteiger partial charge in [0.15, 0.2) is 0 Å². The summed E-state index contributed by atoms with van der Waals surface area (Å²) in [6.45, 7) is 3.74. The lowest BCUT2D eigenvalue weighted by atomic mass is 10.1. The Labute approximate surface area is 150 Å². The molecule has 2 aromatic carbocycles. The van der Waals surface area contributed by atoms with Gasteiger partial charge in [0.1, 0.15) is 0 Å². The SMILES string of the molecule is Cc1c(C)c2ccc(NC(=O)Cc3c[nH]c4ccccc34)cc2[nH]c1=O. The monoisotopic (exact) mass is 345 g/mol. The Morgan fingerprint density at radius 3 is 2.65 bits per heavy atom. The molecule has 0 spiro atoms. The lowest BCUT2D eigenvalue weighted by Crippen LogP contribution is -2.15. The van der Waals surface area contributed by atoms with Crippen molar-refractivity contribution in [1.29, 1.82) is 0 Å². The van der Waals surface area contributed by atoms with Crippen molar-refractivity contribution in [3.05, 3.63) is 75.7 Å². The number of amides is 1. The van der Waals surface area contributed by atoms with Crippen LogP contribution in [-0.4, -0.2) is 15.9 Å². The molecule has 1 amide bonds. The zero-order valence-electron chi connectivity index (χ0n) is 14.6. The molecule has 0 unspecified atom stereocenters. The Morgan fingerprint density at radius 1 is 1.00 bits per heavy atom. The van der Waals surface area contributed by atoms with E-state index in [-0.39, 0.29) is 17.9 Å². The Kier molecular flexibility index (Phi) is 3.84. The number of benzene rings is 2. The fourth-order valence-corrected chi connectivity index (χ4v) is 3.30. The van der Waals surface area contributed by atoms with Crippen LogP contribution in [0.5, 0.6) is 0 Å². The number of carbonyl (C=O) groups is 1. The average Bonchev–Trinajstić information content (AvgIpc) is 3.02. The van der Waals surface area contributed by atoms with E-state index in [9.17, 15) is 9.59 Å². The summed E-state index contributed by atoms with van der Waals surface area (Å²) in [5, 5.41) is 4.95. The van der Waals surface area contributed by atoms with Crippen molar-refractivity contribution in [3.63, 3.8) is 0 Å². The highest BCUT2D eigenvalue weighted by Gasteiger charge is 2.10. The Morgan fingerprint density at radius 2 is 1.81 bits per heavy atom. The molecule has 4 rings (SSSR count). The van der Waals surface area contributed by atoms with Gasteiger partial charge in [0.25, 0.3) is 5.56 Å². The minimum Gasteiger partial charge on any atom is -0.361 e. The van der Waals surface area contributed by atoms with E-state index in [4.69, 9.17) is 0 Å². The Hall–Kier alpha value is -3.34. The second-order valence-corrected chi connectivity index (χ2v) is 6.55. The van der Waals surface area contributed by atoms with E-state index in [1.807, 2.05) is 56.4 Å². The number of hydrogen-bond donors (Lipinski definition) is 3. The van der Waals surface area contributed by atoms with Gasteiger partial charge in [-0.3, -0.25) is 9.59 Å². The number of nitrogens with one attached hydrogen (secondary N) is 3. The molecule has 130 valence electrons. The summed E-state index contributed by atoms with van der Waals surface area (Å²) in [5.74, 6) is -0.0970. The van der Waals surface area contributed by atoms with Gasteiger partial charge in [0.2, 0.25) is 5.91 Å². The van der Waals surface area contributed by atoms with Gasteiger partial charge < -0.3 is 15.3 Å². The van der Waals surface area contributed by atoms with E-state index < -0.39 is 0 Å². The maximum atomic E-state index is 12.5. The molecule has 3 N–H and O–H groups in total. The van der Waals surface area contributed by atoms with Gasteiger partial charge >= 0.3 is 0 Å². The highest BCUT2D eigenvalue weighted by atomic mass is 16.1. The number of H-pyrrole nitrogens is 2. The van der Waals surface area contributed by atoms with Gasteiger partial charge in [0, 0.05) is 33.7 Å². The number of pyridine rings is 1. The molecule has 4 aromatic rings. The minimum absolute atomic E-state index is 0.0970. The molecule has 2 heterocycles. The zero-order valence-corrected chi connectivity index (χ0v) is 14.6. The number of aromatic amines is 2. The van der Waals surface area contributed by atoms with Crippen LogP contribution in [0.1, 0.15) is 16.7 Å². The fourth-order valence-electron chi connectivity index (χ4n) is 3.30. The van der Waals surface area contributed by atoms with E-state index in [1.54, 1.807) is 6.07 Å². The second-order valence-electron chi connectivity index (χ2n) is 6.55. The number of para-hydroxylation sites is 1. The summed E-state index contributed by atoms with van der Waals surface area (Å²) in [4.78, 5) is 30.5. The molecule has 0 bridgehead atoms. The van der Waals surface area contributed by atoms with Crippen LogP contribution in [0.15, 0.2) is 53.5 Å². The molecule has 0 radical (unpaired) electrons. The van der Waals surface area contributed by atoms with E-state index >= 15 is 0 Å². The van der Waals surface area contributed by atoms with Crippen molar-refractivity contribution in [3.8, 4) is 0 Å². The van der Waals surface area contributed by atoms with Crippen LogP contribution in [-0.2, 0) is 11.2 Å². The summed E-state index contributed by atoms with van der Waals surface area (Å²) in [7, 11) is 0. The van der Waals surface area contributed by atoms with Crippen LogP contribution in [0.4, 0.5) is 5.69 Å². The van der Waals surface area contributed by atoms with Crippen LogP contribution in [0.2, 0.25) is 0 Å². The standard InChI is InChI=1S/C21H19N3O2/c1-12-13(2)21(26)24-19-10-15(7-8-16(12)19)23-20(25)9-14-11-22-18-6-4-3-5-17(14)18/h3-8,10-11,22H,9H2,1-2H3,(H,23,25)(H,24,26). The normalized spacial score (nSPS) is 11.2. The predicted octanol–water partition coefficient (Wildman–Crippen LogP) is 3.81. The molecular formula is C21H19N3O2. The van der Waals surface area contributed by atoms with Gasteiger partial charge in [-0.05, 0) is 43.2 Å². The van der Waals surface area contributed by atoms with Crippen LogP contribution < -0.4 is 10.9 Å². The largest absolute Gasteiger partial charge is 0.361 e. The van der Waals surface area contributed by atoms with Crippen LogP contribution in [0.25, 0.3) is 21.8 Å². The van der Waals surface area contributed by atoms with Gasteiger partial charge in [0.05, 0.1) is 11.9 Å². The number of anilines is 1. The fraction of sp³-hybridized carbons (Fsp3) is 0.143. The molecule has 5 nitrogen and oxygen atoms in total. The van der Waals surface area contributed by atoms with Crippen LogP contribution in [0, 0.1) is 13.8 Å². The lowest BCUT2D eigenvalue weighted by molar-refractivity contribution is -0.115. The summed E-state index contributed by atoms with van der Waals surface area (Å²) in [5.41, 5.74) is 4.94. The summed E-state index contributed by atoms with van der Waals surface area (Å²) >= 11 is 0. The first-order valence-corrected chi connectivity index (χ1v) is 8.51. The minimum atomic E-state index is -0.0998. The first-order chi connectivity index (χ1) is 12.5. The molecule has 2 aromatic heterocycles. The van der Waals surface area contributed by atoms with E-state index in [1.165, 1.54) is 0 Å². The van der Waals surface area contributed by atoms with Gasteiger partial charge in [-0.25, -0.2) is 0 Å². The third-order valence-electron chi connectivity index (χ3n) is 4.88. The maximum Gasteiger partial charge on any atom is 0.251 e. The smallest absolute Gasteiger partial charge is 0.251 e. The van der Waals surface area contributed by atoms with Crippen molar-refractivity contribution >= 4 is 33.4 Å². The molecule has 0 atom stereocenters. The number of carbonyl (C=O) groups excluding carboxylic acids is 1. The van der Waals surface area contributed by atoms with Gasteiger partial charge in [-0.1, -0.05) is 24.3 Å². The van der Waals surface area contributed by atoms with Crippen molar-refractivity contribution in [2.24, 2.45) is 0 Å². The third-order valence-corrected chi connectivity index (χ3v) is 4.88. The molecule has 0 saturated carbocycles. The van der Waals surface area contributed by atoms with Crippen LogP contribution in [0.3, 0.4) is 0 Å². The predicted molar refractivity (Wildman–Crippen MR) is 105 cm³/mol. The quantitative estimate of drug-likeness (QED) is 0.528. The molecule has 0 aliphatic rings. The molecule has 0 aliphatic heterocycles. The topological polar surface area (TPSA) is 77.8 Å². The van der Waals surface area contributed by atoms with Crippen molar-refractivity contribution < 1.29 is 4.79 Å². The highest BCUT2D eigenvalue weighted by Crippen LogP contribution is 2.22. The first-order valence-electron chi connectivity index (χ1n) is 8.51. The van der Waals surface area contributed by atoms with Gasteiger partial charge in [-0.2, -0.15) is 0 Å². The number of hydrogen-bond acceptors (Lipinski definition) is 2. The molecular weight excluding hydrogens is 326 g/mol. The zero-order chi connectivity index (χ0) is 18.3. The number of fused-ring (bicyclic) bond motifs is 2. The molecule has 5 heteroatoms. The summed E-state index contributed by atoms with van der Waals surface area (Å²) in [6, 6.07) is 13.5. The van der Waals surface area contributed by atoms with E-state index in [2.05, 4.69) is 15.3 Å². The maximum absolute atomic E-state index is 12.5. The van der Waals surface area contributed by atoms with Crippen LogP contribution >= 0.6 is 0 Å². The van der Waals surface area contributed by atoms with E-state index in [0.29, 0.717) is 11.3 Å². The second kappa shape index (κ2) is 6.19. The molecule has 0 saturated heterocycles. The van der Waals surface area contributed by atoms with Crippen molar-refractivity contribution in [2.75, 3.05) is 5.32 Å². The van der Waals surface area contributed by atoms with E-state index in [0.717, 1.165) is 32.9 Å². The highest BCUT2D eigenvalue weighted by molar-refractivity contribution is 5.97. The van der Waals surface area contributed by atoms with Crippen molar-refractivity contribution in [2.45, 2.75) is 20.3 Å². The number of aryl methyl sites for hydroxylation is 1. The average molecular weight is 345 g/mol. The summed E-state index contributed by atoms with van der Waals surface area (Å²) in [6.07, 6.45) is 2.15. The first kappa shape index (κ1) is 16.1.